The van der Waals surface area contributed by atoms with Crippen LogP contribution in [0, 0.1) is 36.5 Å². The third-order valence-corrected chi connectivity index (χ3v) is 2.09. The topological polar surface area (TPSA) is 0 Å². The summed E-state index contributed by atoms with van der Waals surface area (Å²) >= 11 is 0. The molecule has 0 fully saturated rings. The van der Waals surface area contributed by atoms with Gasteiger partial charge in [-0.15, -0.1) is 24.7 Å². The fourth-order valence-electron chi connectivity index (χ4n) is 1.07. The maximum Gasteiger partial charge on any atom is 0.0171 e. The molecule has 0 aliphatic rings. The van der Waals surface area contributed by atoms with Crippen LogP contribution in [0.4, 0.5) is 0 Å². The second-order valence-electron chi connectivity index (χ2n) is 3.42. The van der Waals surface area contributed by atoms with Crippen LogP contribution >= 0.6 is 0 Å². The molecule has 0 aromatic heterocycles. The molecule has 0 saturated heterocycles. The number of rotatable bonds is 5. The van der Waals surface area contributed by atoms with Crippen molar-refractivity contribution in [3.8, 4) is 24.7 Å². The molecule has 66 valence electrons. The summed E-state index contributed by atoms with van der Waals surface area (Å²) in [5.41, 5.74) is 0. The molecule has 2 atom stereocenters. The van der Waals surface area contributed by atoms with E-state index in [1.807, 2.05) is 0 Å². The van der Waals surface area contributed by atoms with Crippen LogP contribution in [0.1, 0.15) is 39.5 Å². The second-order valence-corrected chi connectivity index (χ2v) is 3.42. The van der Waals surface area contributed by atoms with E-state index < -0.39 is 0 Å². The highest BCUT2D eigenvalue weighted by Gasteiger charge is 1.99. The van der Waals surface area contributed by atoms with E-state index in [4.69, 9.17) is 12.8 Å². The number of unbranched alkanes of at least 4 members (excludes halogenated alkanes) is 1. The van der Waals surface area contributed by atoms with Gasteiger partial charge in [0.05, 0.1) is 0 Å². The molecule has 0 aliphatic carbocycles. The van der Waals surface area contributed by atoms with Crippen molar-refractivity contribution in [3.63, 3.8) is 0 Å². The zero-order chi connectivity index (χ0) is 9.40. The number of hydrogen-bond acceptors (Lipinski definition) is 0. The van der Waals surface area contributed by atoms with Gasteiger partial charge in [0.1, 0.15) is 0 Å². The van der Waals surface area contributed by atoms with Crippen LogP contribution in [-0.4, -0.2) is 0 Å². The van der Waals surface area contributed by atoms with Crippen molar-refractivity contribution in [1.29, 1.82) is 0 Å². The Morgan fingerprint density at radius 3 is 1.50 bits per heavy atom. The van der Waals surface area contributed by atoms with Crippen LogP contribution in [0.25, 0.3) is 0 Å². The van der Waals surface area contributed by atoms with Crippen molar-refractivity contribution < 1.29 is 0 Å². The summed E-state index contributed by atoms with van der Waals surface area (Å²) in [5.74, 6) is 6.30. The van der Waals surface area contributed by atoms with Crippen LogP contribution in [0.15, 0.2) is 0 Å². The first kappa shape index (κ1) is 11.1. The molecular weight excluding hydrogens is 144 g/mol. The van der Waals surface area contributed by atoms with Gasteiger partial charge in [0, 0.05) is 11.8 Å². The van der Waals surface area contributed by atoms with Crippen LogP contribution in [0.2, 0.25) is 0 Å². The number of hydrogen-bond donors (Lipinski definition) is 0. The van der Waals surface area contributed by atoms with Crippen molar-refractivity contribution in [2.24, 2.45) is 11.8 Å². The summed E-state index contributed by atoms with van der Waals surface area (Å²) in [4.78, 5) is 0. The summed E-state index contributed by atoms with van der Waals surface area (Å²) in [6.45, 7) is 4.18. The summed E-state index contributed by atoms with van der Waals surface area (Å²) in [6, 6.07) is 0. The lowest BCUT2D eigenvalue weighted by Crippen LogP contribution is -1.93. The molecule has 0 N–H and O–H groups in total. The fourth-order valence-corrected chi connectivity index (χ4v) is 1.07. The molecular formula is C12H18. The van der Waals surface area contributed by atoms with Crippen LogP contribution < -0.4 is 0 Å². The minimum absolute atomic E-state index is 0.422. The van der Waals surface area contributed by atoms with Gasteiger partial charge in [0.2, 0.25) is 0 Å². The molecule has 0 heteroatoms. The minimum Gasteiger partial charge on any atom is -0.120 e. The van der Waals surface area contributed by atoms with Gasteiger partial charge in [0.15, 0.2) is 0 Å². The summed E-state index contributed by atoms with van der Waals surface area (Å²) in [5, 5.41) is 0. The van der Waals surface area contributed by atoms with E-state index in [9.17, 15) is 0 Å². The molecule has 0 aromatic carbocycles. The fraction of sp³-hybridized carbons (Fsp3) is 0.667. The molecule has 0 amide bonds. The standard InChI is InChI=1S/C12H18/c1-5-11(3)9-7-8-10-12(4)6-2/h1-2,11-12H,7-10H2,3-4H3/t11-,12-/m1/s1. The lowest BCUT2D eigenvalue weighted by molar-refractivity contribution is 0.539. The Labute approximate surface area is 76.8 Å². The monoisotopic (exact) mass is 162 g/mol. The van der Waals surface area contributed by atoms with E-state index in [0.717, 1.165) is 12.8 Å². The maximum atomic E-state index is 5.26. The van der Waals surface area contributed by atoms with E-state index in [1.165, 1.54) is 12.8 Å². The summed E-state index contributed by atoms with van der Waals surface area (Å²) in [7, 11) is 0. The molecule has 0 bridgehead atoms. The largest absolute Gasteiger partial charge is 0.120 e. The van der Waals surface area contributed by atoms with Crippen molar-refractivity contribution in [2.75, 3.05) is 0 Å². The number of terminal acetylenes is 2. The molecule has 0 saturated carbocycles. The van der Waals surface area contributed by atoms with E-state index >= 15 is 0 Å². The molecule has 0 nitrogen and oxygen atoms in total. The first-order valence-corrected chi connectivity index (χ1v) is 4.63. The molecule has 0 rings (SSSR count). The smallest absolute Gasteiger partial charge is 0.0171 e. The first-order valence-electron chi connectivity index (χ1n) is 4.63. The predicted molar refractivity (Wildman–Crippen MR) is 54.5 cm³/mol. The highest BCUT2D eigenvalue weighted by Crippen LogP contribution is 2.11. The van der Waals surface area contributed by atoms with Gasteiger partial charge < -0.3 is 0 Å². The van der Waals surface area contributed by atoms with Crippen LogP contribution in [-0.2, 0) is 0 Å². The highest BCUT2D eigenvalue weighted by molar-refractivity contribution is 4.91. The second kappa shape index (κ2) is 6.81. The third kappa shape index (κ3) is 5.87. The average molecular weight is 162 g/mol. The normalized spacial score (nSPS) is 14.3. The lowest BCUT2D eigenvalue weighted by atomic mass is 10.00. The Balaban J connectivity index is 3.24. The van der Waals surface area contributed by atoms with Gasteiger partial charge in [-0.2, -0.15) is 0 Å². The SMILES string of the molecule is C#C[C@@H](C)CCCC[C@H](C)C#C. The zero-order valence-corrected chi connectivity index (χ0v) is 8.14. The van der Waals surface area contributed by atoms with Crippen molar-refractivity contribution >= 4 is 0 Å². The molecule has 0 spiro atoms. The quantitative estimate of drug-likeness (QED) is 0.430. The van der Waals surface area contributed by atoms with Crippen LogP contribution in [0.3, 0.4) is 0 Å². The van der Waals surface area contributed by atoms with Crippen LogP contribution in [0.5, 0.6) is 0 Å². The average Bonchev–Trinajstić information content (AvgIpc) is 2.11. The van der Waals surface area contributed by atoms with Gasteiger partial charge in [0.25, 0.3) is 0 Å². The Morgan fingerprint density at radius 2 is 1.25 bits per heavy atom. The highest BCUT2D eigenvalue weighted by atomic mass is 14.0. The molecule has 12 heavy (non-hydrogen) atoms. The van der Waals surface area contributed by atoms with Gasteiger partial charge in [-0.05, 0) is 12.8 Å². The maximum absolute atomic E-state index is 5.26. The van der Waals surface area contributed by atoms with Gasteiger partial charge >= 0.3 is 0 Å². The van der Waals surface area contributed by atoms with Gasteiger partial charge in [-0.25, -0.2) is 0 Å². The van der Waals surface area contributed by atoms with E-state index in [1.54, 1.807) is 0 Å². The van der Waals surface area contributed by atoms with E-state index in [-0.39, 0.29) is 0 Å². The van der Waals surface area contributed by atoms with Crippen molar-refractivity contribution in [2.45, 2.75) is 39.5 Å². The molecule has 0 aromatic rings. The Morgan fingerprint density at radius 1 is 0.917 bits per heavy atom. The van der Waals surface area contributed by atoms with Crippen molar-refractivity contribution in [3.05, 3.63) is 0 Å². The Kier molecular flexibility index (Phi) is 6.31. The zero-order valence-electron chi connectivity index (χ0n) is 8.14. The Hall–Kier alpha value is -0.880. The molecule has 0 aliphatic heterocycles. The lowest BCUT2D eigenvalue weighted by Gasteiger charge is -2.05. The minimum atomic E-state index is 0.422. The molecule has 0 radical (unpaired) electrons. The summed E-state index contributed by atoms with van der Waals surface area (Å²) < 4.78 is 0. The summed E-state index contributed by atoms with van der Waals surface area (Å²) in [6.07, 6.45) is 15.2. The van der Waals surface area contributed by atoms with Crippen molar-refractivity contribution in [1.82, 2.24) is 0 Å². The Bertz CT molecular complexity index is 155. The molecule has 0 unspecified atom stereocenters. The van der Waals surface area contributed by atoms with E-state index in [2.05, 4.69) is 25.7 Å². The first-order chi connectivity index (χ1) is 5.70. The molecule has 0 heterocycles. The van der Waals surface area contributed by atoms with Gasteiger partial charge in [-0.3, -0.25) is 0 Å². The third-order valence-electron chi connectivity index (χ3n) is 2.09. The van der Waals surface area contributed by atoms with Gasteiger partial charge in [-0.1, -0.05) is 26.7 Å². The predicted octanol–water partition coefficient (Wildman–Crippen LogP) is 3.09. The van der Waals surface area contributed by atoms with E-state index in [0.29, 0.717) is 11.8 Å².